The number of likely N-dealkylation sites (tertiary alicyclic amines) is 2. The molecule has 0 bridgehead atoms. The average molecular weight is 423 g/mol. The van der Waals surface area contributed by atoms with E-state index in [-0.39, 0.29) is 23.7 Å². The molecule has 2 aliphatic heterocycles. The van der Waals surface area contributed by atoms with Gasteiger partial charge in [0.2, 0.25) is 11.9 Å². The molecular formula is C23H30N6O2. The molecule has 0 unspecified atom stereocenters. The zero-order valence-corrected chi connectivity index (χ0v) is 17.7. The molecule has 3 N–H and O–H groups in total. The number of hydrogen-bond donors (Lipinski definition) is 2. The number of aromatic nitrogens is 2. The summed E-state index contributed by atoms with van der Waals surface area (Å²) in [7, 11) is 0. The van der Waals surface area contributed by atoms with Gasteiger partial charge in [-0.3, -0.25) is 9.69 Å². The van der Waals surface area contributed by atoms with Crippen LogP contribution in [0, 0.1) is 11.8 Å². The molecule has 1 aromatic heterocycles. The van der Waals surface area contributed by atoms with Crippen molar-refractivity contribution >= 4 is 17.6 Å². The van der Waals surface area contributed by atoms with Crippen LogP contribution in [0.4, 0.5) is 5.95 Å². The lowest BCUT2D eigenvalue weighted by molar-refractivity contribution is -0.138. The number of benzene rings is 1. The van der Waals surface area contributed by atoms with Crippen LogP contribution in [0.1, 0.15) is 36.8 Å². The van der Waals surface area contributed by atoms with E-state index in [0.717, 1.165) is 75.2 Å². The maximum atomic E-state index is 13.1. The van der Waals surface area contributed by atoms with Crippen LogP contribution >= 0.6 is 0 Å². The van der Waals surface area contributed by atoms with Gasteiger partial charge in [0, 0.05) is 49.4 Å². The summed E-state index contributed by atoms with van der Waals surface area (Å²) >= 11 is 0. The number of carbonyl (C=O) groups is 1. The van der Waals surface area contributed by atoms with Crippen LogP contribution in [0.25, 0.3) is 0 Å². The van der Waals surface area contributed by atoms with E-state index in [4.69, 9.17) is 5.73 Å². The van der Waals surface area contributed by atoms with Gasteiger partial charge in [0.05, 0.1) is 5.71 Å². The number of nitrogens with zero attached hydrogens (tertiary/aromatic N) is 5. The van der Waals surface area contributed by atoms with Crippen LogP contribution in [-0.2, 0) is 11.3 Å². The van der Waals surface area contributed by atoms with Crippen molar-refractivity contribution in [2.75, 3.05) is 31.9 Å². The van der Waals surface area contributed by atoms with Crippen molar-refractivity contribution in [3.8, 4) is 0 Å². The molecular weight excluding hydrogens is 392 g/mol. The predicted molar refractivity (Wildman–Crippen MR) is 119 cm³/mol. The van der Waals surface area contributed by atoms with E-state index in [1.807, 2.05) is 35.2 Å². The molecule has 0 spiro atoms. The number of amides is 1. The first kappa shape index (κ1) is 21.2. The zero-order chi connectivity index (χ0) is 21.6. The molecule has 1 amide bonds. The fourth-order valence-corrected chi connectivity index (χ4v) is 4.66. The van der Waals surface area contributed by atoms with Crippen LogP contribution in [-0.4, -0.2) is 62.8 Å². The highest BCUT2D eigenvalue weighted by molar-refractivity contribution is 6.02. The molecule has 2 fully saturated rings. The number of hydrogen-bond acceptors (Lipinski definition) is 7. The van der Waals surface area contributed by atoms with E-state index < -0.39 is 0 Å². The molecule has 2 aromatic rings. The first-order valence-corrected chi connectivity index (χ1v) is 11.0. The summed E-state index contributed by atoms with van der Waals surface area (Å²) in [5, 5.41) is 13.1. The minimum Gasteiger partial charge on any atom is -0.411 e. The number of rotatable bonds is 5. The van der Waals surface area contributed by atoms with Crippen LogP contribution in [0.3, 0.4) is 0 Å². The maximum Gasteiger partial charge on any atom is 0.225 e. The molecule has 31 heavy (non-hydrogen) atoms. The summed E-state index contributed by atoms with van der Waals surface area (Å²) in [6.45, 7) is 4.02. The highest BCUT2D eigenvalue weighted by atomic mass is 16.4. The maximum absolute atomic E-state index is 13.1. The molecule has 2 aliphatic rings. The minimum atomic E-state index is 0.0931. The lowest BCUT2D eigenvalue weighted by atomic mass is 9.87. The molecule has 8 nitrogen and oxygen atoms in total. The van der Waals surface area contributed by atoms with Crippen LogP contribution in [0.5, 0.6) is 0 Å². The third-order valence-corrected chi connectivity index (χ3v) is 6.44. The first-order valence-electron chi connectivity index (χ1n) is 11.0. The lowest BCUT2D eigenvalue weighted by Gasteiger charge is -2.37. The molecule has 4 rings (SSSR count). The minimum absolute atomic E-state index is 0.0931. The average Bonchev–Trinajstić information content (AvgIpc) is 2.82. The zero-order valence-electron chi connectivity index (χ0n) is 17.7. The van der Waals surface area contributed by atoms with Crippen LogP contribution in [0.15, 0.2) is 47.9 Å². The summed E-state index contributed by atoms with van der Waals surface area (Å²) in [5.74, 6) is 0.838. The molecule has 0 saturated carbocycles. The van der Waals surface area contributed by atoms with E-state index in [2.05, 4.69) is 20.0 Å². The Morgan fingerprint density at radius 3 is 2.23 bits per heavy atom. The second kappa shape index (κ2) is 9.87. The SMILES string of the molecule is Nc1ncc(CN2CCC(C(=O)N3CCC(/C(=N/O)c4ccccc4)CC3)CC2)cn1. The standard InChI is InChI=1S/C23H30N6O2/c24-23-25-14-17(15-26-23)16-28-10-6-20(7-11-28)22(30)29-12-8-19(9-13-29)21(27-31)18-4-2-1-3-5-18/h1-5,14-15,19-20,31H,6-13,16H2,(H2,24,25,26)/b27-21+. The Morgan fingerprint density at radius 1 is 1.00 bits per heavy atom. The van der Waals surface area contributed by atoms with Gasteiger partial charge >= 0.3 is 0 Å². The molecule has 8 heteroatoms. The third kappa shape index (κ3) is 5.19. The van der Waals surface area contributed by atoms with Gasteiger partial charge in [-0.2, -0.15) is 0 Å². The normalized spacial score (nSPS) is 19.5. The number of piperidine rings is 2. The van der Waals surface area contributed by atoms with Crippen molar-refractivity contribution in [3.05, 3.63) is 53.9 Å². The molecule has 164 valence electrons. The molecule has 0 atom stereocenters. The fraction of sp³-hybridized carbons (Fsp3) is 0.478. The summed E-state index contributed by atoms with van der Waals surface area (Å²) in [4.78, 5) is 25.5. The monoisotopic (exact) mass is 422 g/mol. The number of anilines is 1. The molecule has 0 aliphatic carbocycles. The van der Waals surface area contributed by atoms with Crippen molar-refractivity contribution in [2.24, 2.45) is 17.0 Å². The number of oxime groups is 1. The van der Waals surface area contributed by atoms with E-state index in [9.17, 15) is 10.0 Å². The fourth-order valence-electron chi connectivity index (χ4n) is 4.66. The molecule has 1 aromatic carbocycles. The number of nitrogens with two attached hydrogens (primary N) is 1. The van der Waals surface area contributed by atoms with Gasteiger partial charge in [-0.1, -0.05) is 35.5 Å². The molecule has 0 radical (unpaired) electrons. The van der Waals surface area contributed by atoms with E-state index in [1.54, 1.807) is 12.4 Å². The Bertz CT molecular complexity index is 886. The van der Waals surface area contributed by atoms with Gasteiger partial charge in [-0.15, -0.1) is 0 Å². The van der Waals surface area contributed by atoms with Gasteiger partial charge in [0.25, 0.3) is 0 Å². The van der Waals surface area contributed by atoms with Crippen molar-refractivity contribution in [1.82, 2.24) is 19.8 Å². The third-order valence-electron chi connectivity index (χ3n) is 6.44. The second-order valence-electron chi connectivity index (χ2n) is 8.45. The van der Waals surface area contributed by atoms with Crippen LogP contribution < -0.4 is 5.73 Å². The van der Waals surface area contributed by atoms with Gasteiger partial charge in [0.1, 0.15) is 0 Å². The summed E-state index contributed by atoms with van der Waals surface area (Å²) < 4.78 is 0. The number of carbonyl (C=O) groups excluding carboxylic acids is 1. The Balaban J connectivity index is 1.25. The largest absolute Gasteiger partial charge is 0.411 e. The van der Waals surface area contributed by atoms with Crippen molar-refractivity contribution in [1.29, 1.82) is 0 Å². The highest BCUT2D eigenvalue weighted by Crippen LogP contribution is 2.26. The summed E-state index contributed by atoms with van der Waals surface area (Å²) in [5.41, 5.74) is 8.27. The summed E-state index contributed by atoms with van der Waals surface area (Å²) in [6.07, 6.45) is 6.95. The van der Waals surface area contributed by atoms with Gasteiger partial charge in [-0.05, 0) is 44.3 Å². The topological polar surface area (TPSA) is 108 Å². The van der Waals surface area contributed by atoms with Crippen molar-refractivity contribution in [2.45, 2.75) is 32.2 Å². The summed E-state index contributed by atoms with van der Waals surface area (Å²) in [6, 6.07) is 9.79. The first-order chi connectivity index (χ1) is 15.1. The quantitative estimate of drug-likeness (QED) is 0.435. The second-order valence-corrected chi connectivity index (χ2v) is 8.45. The van der Waals surface area contributed by atoms with Gasteiger partial charge < -0.3 is 15.8 Å². The van der Waals surface area contributed by atoms with Crippen molar-refractivity contribution < 1.29 is 10.0 Å². The molecule has 3 heterocycles. The Hall–Kier alpha value is -3.00. The molecule has 2 saturated heterocycles. The Labute approximate surface area is 182 Å². The Kier molecular flexibility index (Phi) is 6.76. The van der Waals surface area contributed by atoms with Crippen molar-refractivity contribution in [3.63, 3.8) is 0 Å². The van der Waals surface area contributed by atoms with E-state index in [1.165, 1.54) is 0 Å². The predicted octanol–water partition coefficient (Wildman–Crippen LogP) is 2.39. The Morgan fingerprint density at radius 2 is 1.61 bits per heavy atom. The lowest BCUT2D eigenvalue weighted by Crippen LogP contribution is -2.46. The van der Waals surface area contributed by atoms with E-state index in [0.29, 0.717) is 0 Å². The highest BCUT2D eigenvalue weighted by Gasteiger charge is 2.32. The number of nitrogen functional groups attached to an aromatic ring is 1. The smallest absolute Gasteiger partial charge is 0.225 e. The van der Waals surface area contributed by atoms with E-state index >= 15 is 0 Å². The van der Waals surface area contributed by atoms with Gasteiger partial charge in [0.15, 0.2) is 0 Å². The van der Waals surface area contributed by atoms with Gasteiger partial charge in [-0.25, -0.2) is 9.97 Å². The van der Waals surface area contributed by atoms with Crippen LogP contribution in [0.2, 0.25) is 0 Å².